The summed E-state index contributed by atoms with van der Waals surface area (Å²) in [5.41, 5.74) is 7.51. The lowest BCUT2D eigenvalue weighted by molar-refractivity contribution is -0.140. The fourth-order valence-electron chi connectivity index (χ4n) is 2.60. The summed E-state index contributed by atoms with van der Waals surface area (Å²) < 4.78 is 10.3. The lowest BCUT2D eigenvalue weighted by Crippen LogP contribution is -2.12. The van der Waals surface area contributed by atoms with Gasteiger partial charge in [0.1, 0.15) is 16.5 Å². The number of carbonyl (C=O) groups is 2. The lowest BCUT2D eigenvalue weighted by atomic mass is 10.1. The third-order valence-electron chi connectivity index (χ3n) is 3.82. The summed E-state index contributed by atoms with van der Waals surface area (Å²) in [5, 5.41) is -0.219. The summed E-state index contributed by atoms with van der Waals surface area (Å²) in [6, 6.07) is 12.3. The number of nitrogens with two attached hydrogens (primary N) is 1. The minimum Gasteiger partial charge on any atom is -0.496 e. The molecule has 1 amide bonds. The molecule has 1 atom stereocenters. The zero-order chi connectivity index (χ0) is 18.7. The van der Waals surface area contributed by atoms with Crippen molar-refractivity contribution >= 4 is 34.7 Å². The van der Waals surface area contributed by atoms with Gasteiger partial charge in [-0.15, -0.1) is 0 Å². The number of methoxy groups -OCH3 is 2. The number of fused-ring (bicyclic) bond motifs is 1. The highest BCUT2D eigenvalue weighted by Crippen LogP contribution is 2.39. The van der Waals surface area contributed by atoms with Crippen molar-refractivity contribution in [3.63, 3.8) is 0 Å². The number of aromatic amines is 1. The summed E-state index contributed by atoms with van der Waals surface area (Å²) in [4.78, 5) is 31.5. The van der Waals surface area contributed by atoms with Crippen molar-refractivity contribution in [2.24, 2.45) is 5.73 Å². The first-order valence-corrected chi connectivity index (χ1v) is 8.59. The Morgan fingerprint density at radius 2 is 1.92 bits per heavy atom. The van der Waals surface area contributed by atoms with Crippen LogP contribution in [0, 0.1) is 0 Å². The summed E-state index contributed by atoms with van der Waals surface area (Å²) >= 11 is 1.18. The van der Waals surface area contributed by atoms with Gasteiger partial charge in [-0.25, -0.2) is 4.98 Å². The number of nitrogens with one attached hydrogen (secondary N) is 1. The molecule has 0 radical (unpaired) electrons. The number of para-hydroxylation sites is 2. The molecule has 0 fully saturated rings. The highest BCUT2D eigenvalue weighted by Gasteiger charge is 2.27. The van der Waals surface area contributed by atoms with E-state index >= 15 is 0 Å². The number of ether oxygens (including phenoxy) is 2. The fraction of sp³-hybridized carbons (Fsp3) is 0.167. The molecular weight excluding hydrogens is 354 g/mol. The van der Waals surface area contributed by atoms with E-state index in [1.807, 2.05) is 12.1 Å². The van der Waals surface area contributed by atoms with E-state index in [1.165, 1.54) is 26.0 Å². The predicted octanol–water partition coefficient (Wildman–Crippen LogP) is 2.68. The minimum absolute atomic E-state index is 0.317. The largest absolute Gasteiger partial charge is 0.496 e. The third-order valence-corrected chi connectivity index (χ3v) is 4.92. The number of amides is 1. The van der Waals surface area contributed by atoms with E-state index < -0.39 is 17.1 Å². The number of hydrogen-bond acceptors (Lipinski definition) is 6. The predicted molar refractivity (Wildman–Crippen MR) is 98.2 cm³/mol. The van der Waals surface area contributed by atoms with Gasteiger partial charge >= 0.3 is 5.97 Å². The molecular formula is C18H17N3O4S. The van der Waals surface area contributed by atoms with E-state index in [-0.39, 0.29) is 0 Å². The molecule has 0 aliphatic heterocycles. The first-order valence-electron chi connectivity index (χ1n) is 7.71. The Labute approximate surface area is 153 Å². The van der Waals surface area contributed by atoms with Crippen molar-refractivity contribution in [2.75, 3.05) is 14.2 Å². The zero-order valence-electron chi connectivity index (χ0n) is 14.2. The van der Waals surface area contributed by atoms with Gasteiger partial charge in [0, 0.05) is 5.56 Å². The number of imidazole rings is 1. The van der Waals surface area contributed by atoms with Crippen LogP contribution in [0.2, 0.25) is 0 Å². The third kappa shape index (κ3) is 3.36. The number of hydrogen-bond donors (Lipinski definition) is 2. The van der Waals surface area contributed by atoms with Crippen LogP contribution in [0.4, 0.5) is 0 Å². The fourth-order valence-corrected chi connectivity index (χ4v) is 3.65. The highest BCUT2D eigenvalue weighted by molar-refractivity contribution is 8.00. The standard InChI is InChI=1S/C18H17N3O4S/c1-24-13-9-4-3-6-10(13)15(17(23)25-2)26-18-20-12-8-5-7-11(16(19)22)14(12)21-18/h3-9,15H,1-2H3,(H2,19,22)(H,20,21). The Kier molecular flexibility index (Phi) is 5.13. The first kappa shape index (κ1) is 17.8. The molecule has 0 aliphatic carbocycles. The molecule has 0 spiro atoms. The lowest BCUT2D eigenvalue weighted by Gasteiger charge is -2.16. The van der Waals surface area contributed by atoms with Gasteiger partial charge in [-0.1, -0.05) is 36.0 Å². The Hall–Kier alpha value is -3.00. The number of carbonyl (C=O) groups excluding carboxylic acids is 2. The Morgan fingerprint density at radius 3 is 2.62 bits per heavy atom. The number of benzene rings is 2. The molecule has 2 aromatic carbocycles. The van der Waals surface area contributed by atoms with Crippen LogP contribution in [-0.2, 0) is 9.53 Å². The van der Waals surface area contributed by atoms with E-state index in [9.17, 15) is 9.59 Å². The molecule has 3 N–H and O–H groups in total. The van der Waals surface area contributed by atoms with Crippen LogP contribution in [0.3, 0.4) is 0 Å². The van der Waals surface area contributed by atoms with Crippen molar-refractivity contribution < 1.29 is 19.1 Å². The monoisotopic (exact) mass is 371 g/mol. The normalized spacial score (nSPS) is 11.9. The maximum Gasteiger partial charge on any atom is 0.323 e. The SMILES string of the molecule is COC(=O)C(Sc1nc2c(C(N)=O)cccc2[nH]1)c1ccccc1OC. The maximum atomic E-state index is 12.4. The van der Waals surface area contributed by atoms with E-state index in [0.29, 0.717) is 33.1 Å². The number of thioether (sulfide) groups is 1. The van der Waals surface area contributed by atoms with Crippen LogP contribution in [0.15, 0.2) is 47.6 Å². The molecule has 0 bridgehead atoms. The Balaban J connectivity index is 2.03. The smallest absolute Gasteiger partial charge is 0.323 e. The molecule has 0 saturated carbocycles. The first-order chi connectivity index (χ1) is 12.5. The molecule has 1 aromatic heterocycles. The second-order valence-corrected chi connectivity index (χ2v) is 6.46. The molecule has 134 valence electrons. The second-order valence-electron chi connectivity index (χ2n) is 5.37. The van der Waals surface area contributed by atoms with Gasteiger partial charge in [0.25, 0.3) is 5.91 Å². The number of primary amides is 1. The molecule has 1 unspecified atom stereocenters. The zero-order valence-corrected chi connectivity index (χ0v) is 15.0. The second kappa shape index (κ2) is 7.49. The Bertz CT molecular complexity index is 970. The molecule has 1 heterocycles. The van der Waals surface area contributed by atoms with Crippen molar-refractivity contribution in [3.05, 3.63) is 53.6 Å². The van der Waals surface area contributed by atoms with Gasteiger partial charge in [-0.05, 0) is 18.2 Å². The van der Waals surface area contributed by atoms with Gasteiger partial charge in [0.15, 0.2) is 5.16 Å². The summed E-state index contributed by atoms with van der Waals surface area (Å²) in [7, 11) is 2.87. The average Bonchev–Trinajstić information content (AvgIpc) is 3.07. The molecule has 3 aromatic rings. The van der Waals surface area contributed by atoms with Crippen LogP contribution in [0.25, 0.3) is 11.0 Å². The molecule has 0 aliphatic rings. The van der Waals surface area contributed by atoms with Crippen molar-refractivity contribution in [1.29, 1.82) is 0 Å². The summed E-state index contributed by atoms with van der Waals surface area (Å²) in [6.45, 7) is 0. The molecule has 0 saturated heterocycles. The highest BCUT2D eigenvalue weighted by atomic mass is 32.2. The maximum absolute atomic E-state index is 12.4. The topological polar surface area (TPSA) is 107 Å². The molecule has 7 nitrogen and oxygen atoms in total. The number of H-pyrrole nitrogens is 1. The van der Waals surface area contributed by atoms with Crippen molar-refractivity contribution in [2.45, 2.75) is 10.4 Å². The van der Waals surface area contributed by atoms with E-state index in [0.717, 1.165) is 0 Å². The molecule has 3 rings (SSSR count). The summed E-state index contributed by atoms with van der Waals surface area (Å²) in [5.74, 6) is -0.424. The molecule has 8 heteroatoms. The van der Waals surface area contributed by atoms with Crippen LogP contribution in [0.5, 0.6) is 5.75 Å². The van der Waals surface area contributed by atoms with E-state index in [4.69, 9.17) is 15.2 Å². The Morgan fingerprint density at radius 1 is 1.15 bits per heavy atom. The van der Waals surface area contributed by atoms with Gasteiger partial charge < -0.3 is 20.2 Å². The van der Waals surface area contributed by atoms with Gasteiger partial charge in [0.05, 0.1) is 25.3 Å². The van der Waals surface area contributed by atoms with Crippen molar-refractivity contribution in [3.8, 4) is 5.75 Å². The number of aromatic nitrogens is 2. The molecule has 26 heavy (non-hydrogen) atoms. The van der Waals surface area contributed by atoms with Crippen LogP contribution in [-0.4, -0.2) is 36.1 Å². The number of esters is 1. The van der Waals surface area contributed by atoms with Crippen molar-refractivity contribution in [1.82, 2.24) is 9.97 Å². The van der Waals surface area contributed by atoms with E-state index in [1.54, 1.807) is 30.3 Å². The van der Waals surface area contributed by atoms with Gasteiger partial charge in [0.2, 0.25) is 0 Å². The van der Waals surface area contributed by atoms with E-state index in [2.05, 4.69) is 9.97 Å². The van der Waals surface area contributed by atoms with Gasteiger partial charge in [-0.2, -0.15) is 0 Å². The van der Waals surface area contributed by atoms with Gasteiger partial charge in [-0.3, -0.25) is 9.59 Å². The van der Waals surface area contributed by atoms with Crippen LogP contribution in [0.1, 0.15) is 21.2 Å². The van der Waals surface area contributed by atoms with Crippen LogP contribution >= 0.6 is 11.8 Å². The number of nitrogens with zero attached hydrogens (tertiary/aromatic N) is 1. The quantitative estimate of drug-likeness (QED) is 0.509. The minimum atomic E-state index is -0.686. The van der Waals surface area contributed by atoms with Crippen LogP contribution < -0.4 is 10.5 Å². The average molecular weight is 371 g/mol. The number of rotatable bonds is 6. The summed E-state index contributed by atoms with van der Waals surface area (Å²) in [6.07, 6.45) is 0.